The SMILES string of the molecule is Cc1c(Cl)cccc1C(=O)CSCC(=O)O. The number of hydrogen-bond acceptors (Lipinski definition) is 3. The molecule has 0 radical (unpaired) electrons. The molecule has 3 nitrogen and oxygen atoms in total. The summed E-state index contributed by atoms with van der Waals surface area (Å²) in [5, 5.41) is 8.99. The average molecular weight is 259 g/mol. The molecule has 0 spiro atoms. The minimum atomic E-state index is -0.916. The molecule has 0 aliphatic heterocycles. The van der Waals surface area contributed by atoms with Crippen molar-refractivity contribution < 1.29 is 14.7 Å². The summed E-state index contributed by atoms with van der Waals surface area (Å²) in [4.78, 5) is 22.0. The molecule has 86 valence electrons. The molecular formula is C11H11ClO3S. The van der Waals surface area contributed by atoms with Crippen LogP contribution in [0.5, 0.6) is 0 Å². The number of benzene rings is 1. The number of thioether (sulfide) groups is 1. The third-order valence-electron chi connectivity index (χ3n) is 2.03. The molecule has 1 rings (SSSR count). The number of halogens is 1. The molecule has 0 amide bonds. The molecule has 1 aromatic carbocycles. The molecule has 0 heterocycles. The van der Waals surface area contributed by atoms with E-state index >= 15 is 0 Å². The molecule has 5 heteroatoms. The predicted octanol–water partition coefficient (Wildman–Crippen LogP) is 2.65. The van der Waals surface area contributed by atoms with Crippen LogP contribution in [0.3, 0.4) is 0 Å². The summed E-state index contributed by atoms with van der Waals surface area (Å²) in [6.45, 7) is 1.78. The first kappa shape index (κ1) is 13.1. The number of carbonyl (C=O) groups is 2. The number of carbonyl (C=O) groups excluding carboxylic acids is 1. The topological polar surface area (TPSA) is 54.4 Å². The zero-order chi connectivity index (χ0) is 12.1. The van der Waals surface area contributed by atoms with Crippen molar-refractivity contribution in [3.05, 3.63) is 34.3 Å². The fraction of sp³-hybridized carbons (Fsp3) is 0.273. The summed E-state index contributed by atoms with van der Waals surface area (Å²) in [5.74, 6) is -0.911. The van der Waals surface area contributed by atoms with E-state index in [9.17, 15) is 9.59 Å². The van der Waals surface area contributed by atoms with Gasteiger partial charge in [0.25, 0.3) is 0 Å². The predicted molar refractivity (Wildman–Crippen MR) is 65.5 cm³/mol. The molecule has 0 aromatic heterocycles. The molecule has 0 aliphatic carbocycles. The maximum absolute atomic E-state index is 11.7. The first-order valence-corrected chi connectivity index (χ1v) is 6.13. The molecule has 1 N–H and O–H groups in total. The van der Waals surface area contributed by atoms with Crippen molar-refractivity contribution in [2.24, 2.45) is 0 Å². The van der Waals surface area contributed by atoms with Crippen molar-refractivity contribution in [2.45, 2.75) is 6.92 Å². The Bertz CT molecular complexity index is 418. The Morgan fingerprint density at radius 1 is 1.38 bits per heavy atom. The normalized spacial score (nSPS) is 10.1. The summed E-state index contributed by atoms with van der Waals surface area (Å²) in [7, 11) is 0. The highest BCUT2D eigenvalue weighted by atomic mass is 35.5. The number of ketones is 1. The van der Waals surface area contributed by atoms with Crippen LogP contribution in [0, 0.1) is 6.92 Å². The monoisotopic (exact) mass is 258 g/mol. The highest BCUT2D eigenvalue weighted by Crippen LogP contribution is 2.20. The van der Waals surface area contributed by atoms with Crippen LogP contribution < -0.4 is 0 Å². The van der Waals surface area contributed by atoms with E-state index < -0.39 is 5.97 Å². The molecule has 0 aliphatic rings. The van der Waals surface area contributed by atoms with E-state index in [1.165, 1.54) is 0 Å². The molecule has 0 saturated heterocycles. The van der Waals surface area contributed by atoms with Gasteiger partial charge in [-0.2, -0.15) is 0 Å². The Kier molecular flexibility index (Phi) is 4.83. The zero-order valence-electron chi connectivity index (χ0n) is 8.70. The lowest BCUT2D eigenvalue weighted by atomic mass is 10.1. The van der Waals surface area contributed by atoms with Gasteiger partial charge in [-0.3, -0.25) is 9.59 Å². The Hall–Kier alpha value is -1.00. The van der Waals surface area contributed by atoms with Gasteiger partial charge in [-0.1, -0.05) is 23.7 Å². The summed E-state index contributed by atoms with van der Waals surface area (Å²) in [5.41, 5.74) is 1.30. The van der Waals surface area contributed by atoms with Crippen molar-refractivity contribution in [3.63, 3.8) is 0 Å². The van der Waals surface area contributed by atoms with Gasteiger partial charge in [0.15, 0.2) is 5.78 Å². The Balaban J connectivity index is 2.66. The largest absolute Gasteiger partial charge is 0.481 e. The lowest BCUT2D eigenvalue weighted by molar-refractivity contribution is -0.133. The van der Waals surface area contributed by atoms with Crippen LogP contribution >= 0.6 is 23.4 Å². The van der Waals surface area contributed by atoms with E-state index in [0.717, 1.165) is 17.3 Å². The minimum Gasteiger partial charge on any atom is -0.481 e. The van der Waals surface area contributed by atoms with Crippen molar-refractivity contribution in [1.29, 1.82) is 0 Å². The summed E-state index contributed by atoms with van der Waals surface area (Å²) < 4.78 is 0. The standard InChI is InChI=1S/C11H11ClO3S/c1-7-8(3-2-4-9(7)12)10(13)5-16-6-11(14)15/h2-4H,5-6H2,1H3,(H,14,15). The number of carboxylic acid groups (broad SMARTS) is 1. The fourth-order valence-corrected chi connectivity index (χ4v) is 2.01. The highest BCUT2D eigenvalue weighted by molar-refractivity contribution is 8.00. The Morgan fingerprint density at radius 2 is 2.06 bits per heavy atom. The number of aliphatic carboxylic acids is 1. The second-order valence-electron chi connectivity index (χ2n) is 3.22. The van der Waals surface area contributed by atoms with Crippen molar-refractivity contribution >= 4 is 35.1 Å². The molecule has 0 saturated carbocycles. The first-order chi connectivity index (χ1) is 7.52. The molecule has 0 atom stereocenters. The maximum atomic E-state index is 11.7. The third-order valence-corrected chi connectivity index (χ3v) is 3.35. The van der Waals surface area contributed by atoms with Gasteiger partial charge in [-0.25, -0.2) is 0 Å². The second-order valence-corrected chi connectivity index (χ2v) is 4.61. The average Bonchev–Trinajstić information content (AvgIpc) is 2.21. The number of Topliss-reactive ketones (excluding diaryl/α,β-unsaturated/α-hetero) is 1. The third kappa shape index (κ3) is 3.54. The minimum absolute atomic E-state index is 0.0641. The fourth-order valence-electron chi connectivity index (χ4n) is 1.22. The van der Waals surface area contributed by atoms with E-state index in [1.807, 2.05) is 0 Å². The van der Waals surface area contributed by atoms with Crippen molar-refractivity contribution in [2.75, 3.05) is 11.5 Å². The van der Waals surface area contributed by atoms with Crippen LogP contribution in [0.1, 0.15) is 15.9 Å². The summed E-state index contributed by atoms with van der Waals surface area (Å²) in [6.07, 6.45) is 0. The van der Waals surface area contributed by atoms with E-state index in [0.29, 0.717) is 10.6 Å². The molecule has 1 aromatic rings. The second kappa shape index (κ2) is 5.92. The van der Waals surface area contributed by atoms with Gasteiger partial charge >= 0.3 is 5.97 Å². The molecule has 0 bridgehead atoms. The van der Waals surface area contributed by atoms with Gasteiger partial charge < -0.3 is 5.11 Å². The summed E-state index contributed by atoms with van der Waals surface area (Å²) in [6, 6.07) is 5.13. The van der Waals surface area contributed by atoms with Crippen LogP contribution in [-0.4, -0.2) is 28.4 Å². The van der Waals surface area contributed by atoms with Crippen molar-refractivity contribution in [1.82, 2.24) is 0 Å². The van der Waals surface area contributed by atoms with E-state index in [2.05, 4.69) is 0 Å². The van der Waals surface area contributed by atoms with Gasteiger partial charge in [0.2, 0.25) is 0 Å². The van der Waals surface area contributed by atoms with Crippen LogP contribution in [-0.2, 0) is 4.79 Å². The smallest absolute Gasteiger partial charge is 0.313 e. The number of carboxylic acids is 1. The summed E-state index contributed by atoms with van der Waals surface area (Å²) >= 11 is 6.98. The van der Waals surface area contributed by atoms with Crippen molar-refractivity contribution in [3.8, 4) is 0 Å². The Labute approximate surface area is 103 Å². The maximum Gasteiger partial charge on any atom is 0.313 e. The van der Waals surface area contributed by atoms with Crippen LogP contribution in [0.15, 0.2) is 18.2 Å². The van der Waals surface area contributed by atoms with Gasteiger partial charge in [0, 0.05) is 10.6 Å². The molecule has 0 fully saturated rings. The lowest BCUT2D eigenvalue weighted by Gasteiger charge is -2.05. The first-order valence-electron chi connectivity index (χ1n) is 4.60. The lowest BCUT2D eigenvalue weighted by Crippen LogP contribution is -2.08. The molecular weight excluding hydrogens is 248 g/mol. The van der Waals surface area contributed by atoms with Gasteiger partial charge in [-0.05, 0) is 18.6 Å². The van der Waals surface area contributed by atoms with Gasteiger partial charge in [0.1, 0.15) is 0 Å². The van der Waals surface area contributed by atoms with E-state index in [-0.39, 0.29) is 17.3 Å². The Morgan fingerprint density at radius 3 is 2.69 bits per heavy atom. The van der Waals surface area contributed by atoms with Crippen LogP contribution in [0.4, 0.5) is 0 Å². The van der Waals surface area contributed by atoms with Gasteiger partial charge in [-0.15, -0.1) is 11.8 Å². The quantitative estimate of drug-likeness (QED) is 0.825. The van der Waals surface area contributed by atoms with Crippen LogP contribution in [0.25, 0.3) is 0 Å². The number of rotatable bonds is 5. The van der Waals surface area contributed by atoms with Crippen LogP contribution in [0.2, 0.25) is 5.02 Å². The van der Waals surface area contributed by atoms with E-state index in [1.54, 1.807) is 25.1 Å². The van der Waals surface area contributed by atoms with E-state index in [4.69, 9.17) is 16.7 Å². The number of hydrogen-bond donors (Lipinski definition) is 1. The molecule has 0 unspecified atom stereocenters. The zero-order valence-corrected chi connectivity index (χ0v) is 10.3. The highest BCUT2D eigenvalue weighted by Gasteiger charge is 2.11. The molecule has 16 heavy (non-hydrogen) atoms. The van der Waals surface area contributed by atoms with Gasteiger partial charge in [0.05, 0.1) is 11.5 Å².